The van der Waals surface area contributed by atoms with Gasteiger partial charge in [0.1, 0.15) is 0 Å². The normalized spacial score (nSPS) is 20.3. The number of halogens is 2. The molecule has 0 aliphatic carbocycles. The Morgan fingerprint density at radius 3 is 3.05 bits per heavy atom. The summed E-state index contributed by atoms with van der Waals surface area (Å²) < 4.78 is 29.4. The van der Waals surface area contributed by atoms with E-state index in [0.29, 0.717) is 5.39 Å². The molecule has 1 atom stereocenters. The van der Waals surface area contributed by atoms with Crippen molar-refractivity contribution in [3.05, 3.63) is 48.0 Å². The van der Waals surface area contributed by atoms with E-state index in [1.807, 2.05) is 23.3 Å². The number of hydrogen-bond donors (Lipinski definition) is 1. The van der Waals surface area contributed by atoms with Crippen molar-refractivity contribution in [3.8, 4) is 0 Å². The first-order valence-electron chi connectivity index (χ1n) is 5.99. The first-order chi connectivity index (χ1) is 8.75. The summed E-state index contributed by atoms with van der Waals surface area (Å²) in [7, 11) is 0. The summed E-state index contributed by atoms with van der Waals surface area (Å²) in [6.07, 6.45) is 5.86. The zero-order chi connectivity index (χ0) is 12.3. The van der Waals surface area contributed by atoms with Gasteiger partial charge in [0.2, 0.25) is 0 Å². The number of fused-ring (bicyclic) bond motifs is 2. The average molecular weight is 268 g/mol. The minimum Gasteiger partial charge on any atom is -0.348 e. The molecule has 1 aromatic heterocycles. The van der Waals surface area contributed by atoms with Crippen LogP contribution in [-0.4, -0.2) is 17.2 Å². The third kappa shape index (κ3) is 1.78. The van der Waals surface area contributed by atoms with Crippen LogP contribution in [0.3, 0.4) is 0 Å². The first kappa shape index (κ1) is 13.2. The molecule has 1 unspecified atom stereocenters. The second-order valence-electron chi connectivity index (χ2n) is 4.77. The predicted octanol–water partition coefficient (Wildman–Crippen LogP) is -0.503. The van der Waals surface area contributed by atoms with Gasteiger partial charge in [-0.25, -0.2) is 21.3 Å². The van der Waals surface area contributed by atoms with Gasteiger partial charge in [0.25, 0.3) is 0 Å². The molecule has 2 aliphatic heterocycles. The number of aromatic nitrogens is 1. The number of nitrogens with one attached hydrogen (secondary N) is 1. The zero-order valence-corrected chi connectivity index (χ0v) is 12.6. The Kier molecular flexibility index (Phi) is 3.21. The minimum absolute atomic E-state index is 0. The molecular formula is C14H11F2N2Na. The molecule has 19 heavy (non-hydrogen) atoms. The standard InChI is InChI=1S/C14H11F2N2.Na/c15-11-6-10-8-2-1-4-17-12(8)7-18-5-3-9(13(11)16)14(10)18;/h1-3,5-6,12,17H,4,7H2;/q-1;+1. The van der Waals surface area contributed by atoms with Crippen LogP contribution in [0.4, 0.5) is 8.78 Å². The molecular weight excluding hydrogens is 257 g/mol. The van der Waals surface area contributed by atoms with Crippen molar-refractivity contribution >= 4 is 16.5 Å². The quantitative estimate of drug-likeness (QED) is 0.503. The van der Waals surface area contributed by atoms with Crippen molar-refractivity contribution in [2.24, 2.45) is 0 Å². The Labute approximate surface area is 131 Å². The van der Waals surface area contributed by atoms with Gasteiger partial charge >= 0.3 is 29.6 Å². The molecule has 0 spiro atoms. The summed E-state index contributed by atoms with van der Waals surface area (Å²) in [6, 6.07) is 3.15. The van der Waals surface area contributed by atoms with Crippen molar-refractivity contribution in [2.75, 3.05) is 6.54 Å². The van der Waals surface area contributed by atoms with E-state index in [1.54, 1.807) is 6.07 Å². The monoisotopic (exact) mass is 268 g/mol. The summed E-state index contributed by atoms with van der Waals surface area (Å²) in [6.45, 7) is 1.58. The number of benzene rings is 1. The van der Waals surface area contributed by atoms with E-state index < -0.39 is 11.6 Å². The van der Waals surface area contributed by atoms with Gasteiger partial charge in [-0.05, 0) is 18.2 Å². The molecule has 0 amide bonds. The molecule has 2 aromatic rings. The van der Waals surface area contributed by atoms with E-state index in [0.717, 1.165) is 29.7 Å². The largest absolute Gasteiger partial charge is 1.00 e. The third-order valence-corrected chi connectivity index (χ3v) is 3.78. The summed E-state index contributed by atoms with van der Waals surface area (Å²) in [5.74, 6) is -1.53. The molecule has 2 nitrogen and oxygen atoms in total. The summed E-state index contributed by atoms with van der Waals surface area (Å²) in [5, 5.41) is 3.74. The number of hydrogen-bond acceptors (Lipinski definition) is 1. The molecule has 0 fully saturated rings. The van der Waals surface area contributed by atoms with Gasteiger partial charge in [-0.2, -0.15) is 5.57 Å². The molecule has 1 aromatic carbocycles. The van der Waals surface area contributed by atoms with E-state index in [9.17, 15) is 8.78 Å². The van der Waals surface area contributed by atoms with Gasteiger partial charge in [-0.3, -0.25) is 0 Å². The SMILES string of the molecule is Fc1cc2c3c(ccn3CC3NC[CH-]C=C23)c1F.[Na+]. The number of nitrogens with zero attached hydrogens (tertiary/aromatic N) is 1. The second kappa shape index (κ2) is 4.63. The molecule has 5 heteroatoms. The van der Waals surface area contributed by atoms with Crippen molar-refractivity contribution in [2.45, 2.75) is 12.6 Å². The van der Waals surface area contributed by atoms with Crippen LogP contribution in [-0.2, 0) is 6.54 Å². The molecule has 3 heterocycles. The van der Waals surface area contributed by atoms with Crippen molar-refractivity contribution < 1.29 is 38.3 Å². The average Bonchev–Trinajstić information content (AvgIpc) is 2.80. The van der Waals surface area contributed by atoms with E-state index in [2.05, 4.69) is 5.32 Å². The predicted molar refractivity (Wildman–Crippen MR) is 65.9 cm³/mol. The molecule has 4 rings (SSSR count). The Hall–Kier alpha value is -0.810. The second-order valence-corrected chi connectivity index (χ2v) is 4.77. The Morgan fingerprint density at radius 2 is 2.21 bits per heavy atom. The topological polar surface area (TPSA) is 17.0 Å². The summed E-state index contributed by atoms with van der Waals surface area (Å²) in [4.78, 5) is 0. The molecule has 1 N–H and O–H groups in total. The van der Waals surface area contributed by atoms with Crippen molar-refractivity contribution in [3.63, 3.8) is 0 Å². The van der Waals surface area contributed by atoms with Crippen LogP contribution >= 0.6 is 0 Å². The maximum Gasteiger partial charge on any atom is 1.00 e. The van der Waals surface area contributed by atoms with Gasteiger partial charge in [-0.15, -0.1) is 0 Å². The van der Waals surface area contributed by atoms with Gasteiger partial charge in [0, 0.05) is 23.6 Å². The van der Waals surface area contributed by atoms with E-state index in [1.165, 1.54) is 6.07 Å². The van der Waals surface area contributed by atoms with Crippen LogP contribution in [0.2, 0.25) is 0 Å². The molecule has 92 valence electrons. The van der Waals surface area contributed by atoms with E-state index in [-0.39, 0.29) is 35.6 Å². The van der Waals surface area contributed by atoms with Gasteiger partial charge in [0.15, 0.2) is 11.6 Å². The number of rotatable bonds is 0. The van der Waals surface area contributed by atoms with Gasteiger partial charge in [0.05, 0.1) is 0 Å². The van der Waals surface area contributed by atoms with Gasteiger partial charge < -0.3 is 9.88 Å². The van der Waals surface area contributed by atoms with E-state index in [4.69, 9.17) is 0 Å². The van der Waals surface area contributed by atoms with Crippen molar-refractivity contribution in [1.82, 2.24) is 9.88 Å². The molecule has 0 saturated carbocycles. The molecule has 0 saturated heterocycles. The van der Waals surface area contributed by atoms with E-state index >= 15 is 0 Å². The Balaban J connectivity index is 0.00000110. The first-order valence-corrected chi connectivity index (χ1v) is 5.99. The Bertz CT molecular complexity index is 690. The minimum atomic E-state index is -0.776. The van der Waals surface area contributed by atoms with Crippen molar-refractivity contribution in [1.29, 1.82) is 0 Å². The van der Waals surface area contributed by atoms with Crippen LogP contribution in [0.1, 0.15) is 5.56 Å². The van der Waals surface area contributed by atoms with Crippen LogP contribution in [0.5, 0.6) is 0 Å². The van der Waals surface area contributed by atoms with Crippen LogP contribution in [0.15, 0.2) is 24.4 Å². The maximum absolute atomic E-state index is 13.7. The van der Waals surface area contributed by atoms with Crippen LogP contribution < -0.4 is 34.9 Å². The summed E-state index contributed by atoms with van der Waals surface area (Å²) in [5.41, 5.74) is 2.65. The van der Waals surface area contributed by atoms with Crippen LogP contribution in [0, 0.1) is 18.1 Å². The molecule has 0 radical (unpaired) electrons. The van der Waals surface area contributed by atoms with Crippen LogP contribution in [0.25, 0.3) is 16.5 Å². The maximum atomic E-state index is 13.7. The fraction of sp³-hybridized carbons (Fsp3) is 0.214. The molecule has 2 aliphatic rings. The van der Waals surface area contributed by atoms with Gasteiger partial charge in [-0.1, -0.05) is 12.1 Å². The zero-order valence-electron chi connectivity index (χ0n) is 10.6. The third-order valence-electron chi connectivity index (χ3n) is 3.78. The fourth-order valence-corrected chi connectivity index (χ4v) is 2.97. The fourth-order valence-electron chi connectivity index (χ4n) is 2.97. The summed E-state index contributed by atoms with van der Waals surface area (Å²) >= 11 is 0. The Morgan fingerprint density at radius 1 is 1.37 bits per heavy atom. The molecule has 0 bridgehead atoms. The smallest absolute Gasteiger partial charge is 0.348 e.